The van der Waals surface area contributed by atoms with Crippen molar-refractivity contribution in [1.82, 2.24) is 29.4 Å². The Labute approximate surface area is 296 Å². The number of carbonyl (C=O) groups is 1. The number of piperidine rings is 1. The van der Waals surface area contributed by atoms with Crippen molar-refractivity contribution in [3.8, 4) is 11.1 Å². The first kappa shape index (κ1) is 36.3. The Morgan fingerprint density at radius 2 is 1.90 bits per heavy atom. The molecule has 0 N–H and O–H groups in total. The van der Waals surface area contributed by atoms with Gasteiger partial charge in [0.05, 0.1) is 30.2 Å². The molecule has 11 nitrogen and oxygen atoms in total. The number of pyridine rings is 1. The van der Waals surface area contributed by atoms with E-state index >= 15 is 8.78 Å². The highest BCUT2D eigenvalue weighted by atomic mass is 28.3. The molecule has 51 heavy (non-hydrogen) atoms. The molecule has 1 amide bonds. The van der Waals surface area contributed by atoms with Gasteiger partial charge in [0.1, 0.15) is 41.8 Å². The van der Waals surface area contributed by atoms with Crippen molar-refractivity contribution in [2.45, 2.75) is 96.3 Å². The standard InChI is InChI=1S/C36H44F3N7O4Si/c1-36(2,3)50-35(48)43-10-9-27(16-28(43)21-47)45-19-24(18-41-45)23-13-30-33(40-17-23)46(22-49-11-12-51(4,5)6)42-34(30)44-20-26(38)15-32(44)29-14-25(37)7-8-31(29)39/h7-8,13-14,17-19,26-27,32H,9-12,15-16,20,22H2,1-6H3/t26-,27?,32+/m0/s1. The van der Waals surface area contributed by atoms with Crippen molar-refractivity contribution in [1.29, 1.82) is 0 Å². The van der Waals surface area contributed by atoms with Gasteiger partial charge in [-0.2, -0.15) is 10.2 Å². The zero-order chi connectivity index (χ0) is 36.7. The second-order valence-electron chi connectivity index (χ2n) is 15.5. The van der Waals surface area contributed by atoms with Gasteiger partial charge in [-0.1, -0.05) is 19.6 Å². The molecule has 2 aliphatic rings. The molecule has 1 unspecified atom stereocenters. The van der Waals surface area contributed by atoms with E-state index in [0.29, 0.717) is 35.4 Å². The van der Waals surface area contributed by atoms with Gasteiger partial charge in [0.25, 0.3) is 0 Å². The Balaban J connectivity index is 1.31. The van der Waals surface area contributed by atoms with Crippen molar-refractivity contribution in [3.63, 3.8) is 0 Å². The van der Waals surface area contributed by atoms with E-state index < -0.39 is 43.6 Å². The van der Waals surface area contributed by atoms with Crippen LogP contribution in [0.15, 0.2) is 48.6 Å². The molecule has 0 bridgehead atoms. The van der Waals surface area contributed by atoms with Crippen LogP contribution in [0, 0.1) is 11.6 Å². The van der Waals surface area contributed by atoms with Crippen molar-refractivity contribution >= 4 is 37.0 Å². The predicted molar refractivity (Wildman–Crippen MR) is 189 cm³/mol. The van der Waals surface area contributed by atoms with Crippen LogP contribution in [0.3, 0.4) is 0 Å². The van der Waals surface area contributed by atoms with E-state index in [4.69, 9.17) is 19.6 Å². The van der Waals surface area contributed by atoms with Crippen LogP contribution in [0.4, 0.5) is 23.8 Å². The highest BCUT2D eigenvalue weighted by Gasteiger charge is 2.38. The minimum absolute atomic E-state index is 0.0225. The lowest BCUT2D eigenvalue weighted by molar-refractivity contribution is 0.0269. The molecule has 2 fully saturated rings. The molecule has 6 rings (SSSR count). The minimum Gasteiger partial charge on any atom is -0.443 e. The number of ether oxygens (including phenoxy) is 2. The number of allylic oxidation sites excluding steroid dienone is 1. The second kappa shape index (κ2) is 14.3. The zero-order valence-electron chi connectivity index (χ0n) is 29.8. The van der Waals surface area contributed by atoms with E-state index in [1.54, 1.807) is 47.4 Å². The molecule has 2 saturated heterocycles. The Kier molecular flexibility index (Phi) is 10.2. The first-order valence-corrected chi connectivity index (χ1v) is 20.9. The molecule has 4 aromatic rings. The third-order valence-electron chi connectivity index (χ3n) is 9.10. The third kappa shape index (κ3) is 8.21. The van der Waals surface area contributed by atoms with Gasteiger partial charge in [-0.3, -0.25) is 9.58 Å². The van der Waals surface area contributed by atoms with Crippen LogP contribution in [0.1, 0.15) is 57.7 Å². The number of hydrogen-bond acceptors (Lipinski definition) is 8. The van der Waals surface area contributed by atoms with E-state index in [1.165, 1.54) is 4.90 Å². The van der Waals surface area contributed by atoms with Crippen molar-refractivity contribution in [2.75, 3.05) is 24.6 Å². The summed E-state index contributed by atoms with van der Waals surface area (Å²) in [4.78, 5) is 32.4. The first-order valence-electron chi connectivity index (χ1n) is 17.2. The van der Waals surface area contributed by atoms with Gasteiger partial charge in [-0.05, 0) is 57.5 Å². The fraction of sp³-hybridized carbons (Fsp3) is 0.500. The number of fused-ring (bicyclic) bond motifs is 1. The summed E-state index contributed by atoms with van der Waals surface area (Å²) in [5.41, 5.74) is 1.51. The summed E-state index contributed by atoms with van der Waals surface area (Å²) in [6.45, 7) is 13.0. The molecule has 0 saturated carbocycles. The predicted octanol–water partition coefficient (Wildman–Crippen LogP) is 7.46. The van der Waals surface area contributed by atoms with Crippen LogP contribution in [-0.2, 0) is 21.0 Å². The average Bonchev–Trinajstić information content (AvgIpc) is 3.79. The van der Waals surface area contributed by atoms with Crippen molar-refractivity contribution in [2.24, 2.45) is 0 Å². The zero-order valence-corrected chi connectivity index (χ0v) is 30.8. The monoisotopic (exact) mass is 723 g/mol. The maximum Gasteiger partial charge on any atom is 0.415 e. The van der Waals surface area contributed by atoms with Crippen molar-refractivity contribution in [3.05, 3.63) is 65.8 Å². The van der Waals surface area contributed by atoms with Gasteiger partial charge < -0.3 is 14.4 Å². The average molecular weight is 724 g/mol. The van der Waals surface area contributed by atoms with E-state index in [-0.39, 0.29) is 50.0 Å². The molecule has 5 heterocycles. The van der Waals surface area contributed by atoms with Gasteiger partial charge >= 0.3 is 6.09 Å². The van der Waals surface area contributed by atoms with Gasteiger partial charge in [-0.15, -0.1) is 0 Å². The second-order valence-corrected chi connectivity index (χ2v) is 21.1. The summed E-state index contributed by atoms with van der Waals surface area (Å²) >= 11 is 0. The summed E-state index contributed by atoms with van der Waals surface area (Å²) in [5.74, 6) is 1.08. The number of rotatable bonds is 9. The number of nitrogens with zero attached hydrogens (tertiary/aromatic N) is 7. The number of carbonyl (C=O) groups excluding carboxylic acids is 2. The number of hydrogen-bond donors (Lipinski definition) is 0. The van der Waals surface area contributed by atoms with Crippen LogP contribution in [0.2, 0.25) is 25.7 Å². The molecule has 0 aliphatic carbocycles. The third-order valence-corrected chi connectivity index (χ3v) is 10.8. The number of benzene rings is 1. The quantitative estimate of drug-likeness (QED) is 0.0996. The molecular formula is C36H44F3N7O4Si. The Morgan fingerprint density at radius 1 is 1.12 bits per heavy atom. The fourth-order valence-corrected chi connectivity index (χ4v) is 7.25. The lowest BCUT2D eigenvalue weighted by Gasteiger charge is -2.33. The SMILES string of the molecule is CC(C)(C)OC(=O)N1CCC(n2cc(-c3cnc4c(c3)c(N3C[C@@H](F)C[C@@H]3c3cc(F)ccc3F)nn4COCC[Si](C)(C)C)cn2)CC1=C=O. The lowest BCUT2D eigenvalue weighted by atomic mass is 10.0. The summed E-state index contributed by atoms with van der Waals surface area (Å²) in [7, 11) is -1.35. The normalized spacial score (nSPS) is 19.9. The summed E-state index contributed by atoms with van der Waals surface area (Å²) in [5, 5.41) is 10.0. The van der Waals surface area contributed by atoms with Gasteiger partial charge in [0, 0.05) is 63.2 Å². The van der Waals surface area contributed by atoms with E-state index in [9.17, 15) is 14.0 Å². The van der Waals surface area contributed by atoms with Crippen LogP contribution in [0.25, 0.3) is 22.2 Å². The highest BCUT2D eigenvalue weighted by Crippen LogP contribution is 2.41. The van der Waals surface area contributed by atoms with Crippen LogP contribution < -0.4 is 4.90 Å². The molecular weight excluding hydrogens is 680 g/mol. The van der Waals surface area contributed by atoms with Gasteiger partial charge in [-0.25, -0.2) is 32.4 Å². The molecule has 1 aromatic carbocycles. The number of likely N-dealkylation sites (tertiary alicyclic amines) is 1. The van der Waals surface area contributed by atoms with E-state index in [2.05, 4.69) is 24.7 Å². The molecule has 3 aromatic heterocycles. The molecule has 2 aliphatic heterocycles. The van der Waals surface area contributed by atoms with Gasteiger partial charge in [0.2, 0.25) is 0 Å². The van der Waals surface area contributed by atoms with Crippen molar-refractivity contribution < 1.29 is 32.2 Å². The Bertz CT molecular complexity index is 1960. The summed E-state index contributed by atoms with van der Waals surface area (Å²) in [6.07, 6.45) is 4.12. The van der Waals surface area contributed by atoms with Gasteiger partial charge in [0.15, 0.2) is 11.5 Å². The number of anilines is 1. The molecule has 0 spiro atoms. The maximum absolute atomic E-state index is 15.1. The smallest absolute Gasteiger partial charge is 0.415 e. The van der Waals surface area contributed by atoms with Crippen LogP contribution in [0.5, 0.6) is 0 Å². The lowest BCUT2D eigenvalue weighted by Crippen LogP contribution is -2.41. The van der Waals surface area contributed by atoms with E-state index in [0.717, 1.165) is 29.8 Å². The first-order chi connectivity index (χ1) is 24.1. The molecule has 15 heteroatoms. The minimum atomic E-state index is -1.35. The fourth-order valence-electron chi connectivity index (χ4n) is 6.49. The summed E-state index contributed by atoms with van der Waals surface area (Å²) in [6, 6.07) is 5.08. The maximum atomic E-state index is 15.1. The topological polar surface area (TPSA) is 108 Å². The molecule has 3 atom stereocenters. The van der Waals surface area contributed by atoms with Crippen LogP contribution >= 0.6 is 0 Å². The number of alkyl halides is 1. The largest absolute Gasteiger partial charge is 0.443 e. The molecule has 0 radical (unpaired) electrons. The number of aromatic nitrogens is 5. The summed E-state index contributed by atoms with van der Waals surface area (Å²) < 4.78 is 59.3. The Hall–Kier alpha value is -4.46. The molecule has 272 valence electrons. The van der Waals surface area contributed by atoms with Crippen LogP contribution in [-0.4, -0.2) is 81.0 Å². The number of halogens is 3. The highest BCUT2D eigenvalue weighted by molar-refractivity contribution is 6.76. The van der Waals surface area contributed by atoms with E-state index in [1.807, 2.05) is 18.2 Å². The number of amides is 1. The Morgan fingerprint density at radius 3 is 2.63 bits per heavy atom.